The van der Waals surface area contributed by atoms with E-state index in [1.165, 1.54) is 50.3 Å². The molecule has 98 valence electrons. The summed E-state index contributed by atoms with van der Waals surface area (Å²) in [6.07, 6.45) is 2.86. The van der Waals surface area contributed by atoms with Crippen molar-refractivity contribution in [2.24, 2.45) is 0 Å². The molecule has 0 radical (unpaired) electrons. The summed E-state index contributed by atoms with van der Waals surface area (Å²) < 4.78 is 0. The van der Waals surface area contributed by atoms with Crippen LogP contribution in [0.4, 0.5) is 5.69 Å². The van der Waals surface area contributed by atoms with Gasteiger partial charge in [-0.05, 0) is 37.6 Å². The summed E-state index contributed by atoms with van der Waals surface area (Å²) in [4.78, 5) is 5.17. The summed E-state index contributed by atoms with van der Waals surface area (Å²) in [5, 5.41) is 3.19. The molecule has 1 saturated heterocycles. The third kappa shape index (κ3) is 2.68. The summed E-state index contributed by atoms with van der Waals surface area (Å²) in [7, 11) is 1.99. The molecule has 3 nitrogen and oxygen atoms in total. The van der Waals surface area contributed by atoms with Crippen LogP contribution in [0.5, 0.6) is 0 Å². The molecule has 0 bridgehead atoms. The van der Waals surface area contributed by atoms with Gasteiger partial charge in [0.25, 0.3) is 0 Å². The molecule has 1 aromatic carbocycles. The first-order valence-electron chi connectivity index (χ1n) is 7.09. The number of anilines is 1. The van der Waals surface area contributed by atoms with E-state index in [0.29, 0.717) is 0 Å². The smallest absolute Gasteiger partial charge is 0.0367 e. The van der Waals surface area contributed by atoms with E-state index in [4.69, 9.17) is 0 Å². The van der Waals surface area contributed by atoms with E-state index in [-0.39, 0.29) is 0 Å². The largest absolute Gasteiger partial charge is 0.369 e. The fraction of sp³-hybridized carbons (Fsp3) is 0.600. The molecular formula is C15H23N3. The number of nitrogens with one attached hydrogen (secondary N) is 1. The third-order valence-electron chi connectivity index (χ3n) is 4.06. The lowest BCUT2D eigenvalue weighted by atomic mass is 10.2. The zero-order chi connectivity index (χ0) is 12.4. The van der Waals surface area contributed by atoms with Crippen LogP contribution in [0.1, 0.15) is 18.4 Å². The van der Waals surface area contributed by atoms with Crippen LogP contribution in [0.3, 0.4) is 0 Å². The van der Waals surface area contributed by atoms with Crippen molar-refractivity contribution < 1.29 is 0 Å². The Labute approximate surface area is 110 Å². The van der Waals surface area contributed by atoms with E-state index in [0.717, 1.165) is 12.6 Å². The minimum atomic E-state index is 0.921. The topological polar surface area (TPSA) is 18.5 Å². The first-order chi connectivity index (χ1) is 8.86. The predicted octanol–water partition coefficient (Wildman–Crippen LogP) is 1.69. The maximum absolute atomic E-state index is 3.19. The highest BCUT2D eigenvalue weighted by molar-refractivity contribution is 5.48. The molecule has 0 spiro atoms. The van der Waals surface area contributed by atoms with Gasteiger partial charge in [-0.1, -0.05) is 12.1 Å². The van der Waals surface area contributed by atoms with Crippen LogP contribution in [-0.2, 0) is 6.54 Å². The van der Waals surface area contributed by atoms with Crippen LogP contribution >= 0.6 is 0 Å². The molecule has 0 unspecified atom stereocenters. The molecule has 0 aromatic heterocycles. The van der Waals surface area contributed by atoms with Crippen LogP contribution in [0.25, 0.3) is 0 Å². The van der Waals surface area contributed by atoms with Gasteiger partial charge in [-0.3, -0.25) is 4.90 Å². The molecule has 1 N–H and O–H groups in total. The van der Waals surface area contributed by atoms with Crippen LogP contribution in [-0.4, -0.2) is 44.2 Å². The number of hydrogen-bond acceptors (Lipinski definition) is 3. The quantitative estimate of drug-likeness (QED) is 0.871. The Bertz CT molecular complexity index is 375. The molecule has 1 saturated carbocycles. The van der Waals surface area contributed by atoms with Gasteiger partial charge in [0.2, 0.25) is 0 Å². The van der Waals surface area contributed by atoms with E-state index in [2.05, 4.69) is 39.4 Å². The van der Waals surface area contributed by atoms with Crippen molar-refractivity contribution in [3.8, 4) is 0 Å². The molecule has 1 aliphatic heterocycles. The van der Waals surface area contributed by atoms with E-state index >= 15 is 0 Å². The van der Waals surface area contributed by atoms with Gasteiger partial charge in [-0.2, -0.15) is 0 Å². The Morgan fingerprint density at radius 1 is 1.06 bits per heavy atom. The van der Waals surface area contributed by atoms with Gasteiger partial charge in [-0.15, -0.1) is 0 Å². The average molecular weight is 245 g/mol. The number of rotatable bonds is 4. The maximum Gasteiger partial charge on any atom is 0.0367 e. The molecule has 0 amide bonds. The summed E-state index contributed by atoms with van der Waals surface area (Å²) in [5.74, 6) is 0. The van der Waals surface area contributed by atoms with Crippen LogP contribution in [0.15, 0.2) is 24.3 Å². The monoisotopic (exact) mass is 245 g/mol. The molecule has 1 heterocycles. The Balaban J connectivity index is 1.57. The van der Waals surface area contributed by atoms with Gasteiger partial charge >= 0.3 is 0 Å². The Kier molecular flexibility index (Phi) is 3.52. The fourth-order valence-electron chi connectivity index (χ4n) is 2.81. The Morgan fingerprint density at radius 2 is 1.72 bits per heavy atom. The van der Waals surface area contributed by atoms with Crippen molar-refractivity contribution in [2.75, 3.05) is 38.1 Å². The highest BCUT2D eigenvalue weighted by atomic mass is 15.3. The van der Waals surface area contributed by atoms with Gasteiger partial charge in [0.05, 0.1) is 0 Å². The number of hydrogen-bond donors (Lipinski definition) is 1. The summed E-state index contributed by atoms with van der Waals surface area (Å²) in [6.45, 7) is 5.80. The van der Waals surface area contributed by atoms with Gasteiger partial charge in [0.1, 0.15) is 0 Å². The van der Waals surface area contributed by atoms with Gasteiger partial charge in [0.15, 0.2) is 0 Å². The van der Waals surface area contributed by atoms with Crippen molar-refractivity contribution in [1.82, 2.24) is 10.2 Å². The molecule has 0 atom stereocenters. The summed E-state index contributed by atoms with van der Waals surface area (Å²) in [5.41, 5.74) is 2.74. The second-order valence-corrected chi connectivity index (χ2v) is 5.45. The summed E-state index contributed by atoms with van der Waals surface area (Å²) in [6, 6.07) is 9.92. The van der Waals surface area contributed by atoms with E-state index < -0.39 is 0 Å². The lowest BCUT2D eigenvalue weighted by Crippen LogP contribution is -2.47. The molecule has 18 heavy (non-hydrogen) atoms. The molecule has 3 rings (SSSR count). The fourth-order valence-corrected chi connectivity index (χ4v) is 2.81. The van der Waals surface area contributed by atoms with Gasteiger partial charge in [0, 0.05) is 44.5 Å². The highest BCUT2D eigenvalue weighted by Gasteiger charge is 2.31. The zero-order valence-electron chi connectivity index (χ0n) is 11.2. The minimum Gasteiger partial charge on any atom is -0.369 e. The second kappa shape index (κ2) is 5.29. The first kappa shape index (κ1) is 12.0. The number of piperazine rings is 1. The zero-order valence-corrected chi connectivity index (χ0v) is 11.2. The second-order valence-electron chi connectivity index (χ2n) is 5.45. The summed E-state index contributed by atoms with van der Waals surface area (Å²) >= 11 is 0. The lowest BCUT2D eigenvalue weighted by molar-refractivity contribution is 0.248. The standard InChI is InChI=1S/C15H23N3/c1-16-12-13-2-4-14(5-3-13)17-8-10-18(11-9-17)15-6-7-15/h2-5,15-16H,6-12H2,1H3. The van der Waals surface area contributed by atoms with Crippen molar-refractivity contribution in [3.05, 3.63) is 29.8 Å². The Morgan fingerprint density at radius 3 is 2.28 bits per heavy atom. The van der Waals surface area contributed by atoms with Gasteiger partial charge < -0.3 is 10.2 Å². The molecule has 2 aliphatic rings. The van der Waals surface area contributed by atoms with Crippen molar-refractivity contribution in [1.29, 1.82) is 0 Å². The molecule has 3 heteroatoms. The van der Waals surface area contributed by atoms with Gasteiger partial charge in [-0.25, -0.2) is 0 Å². The molecule has 1 aliphatic carbocycles. The lowest BCUT2D eigenvalue weighted by Gasteiger charge is -2.36. The molecular weight excluding hydrogens is 222 g/mol. The molecule has 1 aromatic rings. The van der Waals surface area contributed by atoms with E-state index in [1.54, 1.807) is 0 Å². The van der Waals surface area contributed by atoms with Crippen molar-refractivity contribution >= 4 is 5.69 Å². The predicted molar refractivity (Wildman–Crippen MR) is 76.0 cm³/mol. The van der Waals surface area contributed by atoms with Crippen molar-refractivity contribution in [3.63, 3.8) is 0 Å². The minimum absolute atomic E-state index is 0.921. The van der Waals surface area contributed by atoms with Crippen LogP contribution in [0, 0.1) is 0 Å². The third-order valence-corrected chi connectivity index (χ3v) is 4.06. The first-order valence-corrected chi connectivity index (χ1v) is 7.09. The van der Waals surface area contributed by atoms with E-state index in [9.17, 15) is 0 Å². The Hall–Kier alpha value is -1.06. The average Bonchev–Trinajstić information content (AvgIpc) is 3.25. The van der Waals surface area contributed by atoms with Crippen LogP contribution in [0.2, 0.25) is 0 Å². The highest BCUT2D eigenvalue weighted by Crippen LogP contribution is 2.28. The SMILES string of the molecule is CNCc1ccc(N2CCN(C3CC3)CC2)cc1. The molecule has 2 fully saturated rings. The number of benzene rings is 1. The maximum atomic E-state index is 3.19. The normalized spacial score (nSPS) is 21.3. The van der Waals surface area contributed by atoms with E-state index in [1.807, 2.05) is 7.05 Å². The van der Waals surface area contributed by atoms with Crippen LogP contribution < -0.4 is 10.2 Å². The van der Waals surface area contributed by atoms with Crippen molar-refractivity contribution in [2.45, 2.75) is 25.4 Å². The number of nitrogens with zero attached hydrogens (tertiary/aromatic N) is 2.